The molecule has 0 aromatic heterocycles. The maximum absolute atomic E-state index is 2.49. The molecule has 0 saturated carbocycles. The summed E-state index contributed by atoms with van der Waals surface area (Å²) in [6.07, 6.45) is 0. The van der Waals surface area contributed by atoms with Gasteiger partial charge in [0.25, 0.3) is 0 Å². The minimum absolute atomic E-state index is 0.759. The fourth-order valence-electron chi connectivity index (χ4n) is 2.81. The van der Waals surface area contributed by atoms with Crippen molar-refractivity contribution in [3.63, 3.8) is 0 Å². The predicted octanol–water partition coefficient (Wildman–Crippen LogP) is 5.22. The molecule has 0 nitrogen and oxygen atoms in total. The molecule has 2 aromatic carbocycles. The minimum atomic E-state index is -1.37. The molecule has 0 N–H and O–H groups in total. The van der Waals surface area contributed by atoms with Crippen molar-refractivity contribution < 1.29 is 0 Å². The molecule has 2 rings (SSSR count). The van der Waals surface area contributed by atoms with Crippen LogP contribution in [-0.2, 0) is 0 Å². The SMILES string of the molecule is CC(C)[Si](C)(C)c1cccc(-c2ccccc2[Si](C)(C)C)c1. The Morgan fingerprint density at radius 3 is 2.00 bits per heavy atom. The molecule has 0 aliphatic rings. The third kappa shape index (κ3) is 3.44. The number of hydrogen-bond donors (Lipinski definition) is 0. The zero-order valence-corrected chi connectivity index (χ0v) is 17.2. The van der Waals surface area contributed by atoms with Gasteiger partial charge < -0.3 is 0 Å². The van der Waals surface area contributed by atoms with Crippen LogP contribution in [0.1, 0.15) is 13.8 Å². The Bertz CT molecular complexity index is 649. The molecule has 2 heteroatoms. The van der Waals surface area contributed by atoms with Crippen molar-refractivity contribution in [3.05, 3.63) is 48.5 Å². The van der Waals surface area contributed by atoms with E-state index in [-0.39, 0.29) is 0 Å². The van der Waals surface area contributed by atoms with E-state index in [4.69, 9.17) is 0 Å². The Kier molecular flexibility index (Phi) is 4.83. The largest absolute Gasteiger partial charge is 0.0831 e. The van der Waals surface area contributed by atoms with Crippen LogP contribution in [-0.4, -0.2) is 16.1 Å². The van der Waals surface area contributed by atoms with Gasteiger partial charge in [-0.15, -0.1) is 0 Å². The summed E-state index contributed by atoms with van der Waals surface area (Å²) in [4.78, 5) is 0. The summed E-state index contributed by atoms with van der Waals surface area (Å²) in [5.74, 6) is 0. The Balaban J connectivity index is 2.57. The van der Waals surface area contributed by atoms with Gasteiger partial charge in [-0.25, -0.2) is 0 Å². The summed E-state index contributed by atoms with van der Waals surface area (Å²) in [6, 6.07) is 18.3. The fourth-order valence-corrected chi connectivity index (χ4v) is 6.16. The van der Waals surface area contributed by atoms with E-state index in [1.165, 1.54) is 11.1 Å². The van der Waals surface area contributed by atoms with Gasteiger partial charge in [-0.1, -0.05) is 105 Å². The molecule has 0 spiro atoms. The molecule has 0 bridgehead atoms. The molecule has 0 radical (unpaired) electrons. The van der Waals surface area contributed by atoms with E-state index >= 15 is 0 Å². The lowest BCUT2D eigenvalue weighted by Crippen LogP contribution is -2.44. The second-order valence-corrected chi connectivity index (χ2v) is 18.5. The van der Waals surface area contributed by atoms with E-state index in [0.29, 0.717) is 0 Å². The molecule has 0 aliphatic carbocycles. The monoisotopic (exact) mass is 326 g/mol. The maximum atomic E-state index is 2.49. The van der Waals surface area contributed by atoms with E-state index in [9.17, 15) is 0 Å². The molecule has 0 unspecified atom stereocenters. The van der Waals surface area contributed by atoms with Gasteiger partial charge in [-0.3, -0.25) is 0 Å². The van der Waals surface area contributed by atoms with Gasteiger partial charge >= 0.3 is 0 Å². The van der Waals surface area contributed by atoms with E-state index in [1.807, 2.05) is 0 Å². The molecule has 0 aliphatic heterocycles. The van der Waals surface area contributed by atoms with Gasteiger partial charge in [-0.05, 0) is 16.7 Å². The molecular weight excluding hydrogens is 296 g/mol. The third-order valence-corrected chi connectivity index (χ3v) is 11.8. The van der Waals surface area contributed by atoms with Gasteiger partial charge in [0.2, 0.25) is 0 Å². The first-order chi connectivity index (χ1) is 10.1. The smallest absolute Gasteiger partial charge is 0.0656 e. The lowest BCUT2D eigenvalue weighted by Gasteiger charge is -2.28. The lowest BCUT2D eigenvalue weighted by atomic mass is 10.1. The standard InChI is InChI=1S/C20H30Si2/c1-16(2)22(6,7)18-12-10-11-17(15-18)19-13-8-9-14-20(19)21(3,4)5/h8-16H,1-7H3. The molecule has 0 atom stereocenters. The van der Waals surface area contributed by atoms with E-state index in [0.717, 1.165) is 5.54 Å². The van der Waals surface area contributed by atoms with Crippen molar-refractivity contribution in [2.24, 2.45) is 0 Å². The predicted molar refractivity (Wildman–Crippen MR) is 107 cm³/mol. The quantitative estimate of drug-likeness (QED) is 0.675. The zero-order valence-electron chi connectivity index (χ0n) is 15.2. The van der Waals surface area contributed by atoms with Crippen LogP contribution in [0.4, 0.5) is 0 Å². The highest BCUT2D eigenvalue weighted by atomic mass is 28.3. The van der Waals surface area contributed by atoms with Gasteiger partial charge in [-0.2, -0.15) is 0 Å². The van der Waals surface area contributed by atoms with Crippen molar-refractivity contribution in [1.82, 2.24) is 0 Å². The summed E-state index contributed by atoms with van der Waals surface area (Å²) in [5.41, 5.74) is 3.60. The Morgan fingerprint density at radius 1 is 0.773 bits per heavy atom. The summed E-state index contributed by atoms with van der Waals surface area (Å²) < 4.78 is 0. The highest BCUT2D eigenvalue weighted by Crippen LogP contribution is 2.24. The molecular formula is C20H30Si2. The molecule has 0 amide bonds. The van der Waals surface area contributed by atoms with Crippen LogP contribution in [0.15, 0.2) is 48.5 Å². The second kappa shape index (κ2) is 6.17. The van der Waals surface area contributed by atoms with Crippen LogP contribution in [0.2, 0.25) is 38.3 Å². The Hall–Kier alpha value is -1.13. The van der Waals surface area contributed by atoms with Crippen molar-refractivity contribution in [2.75, 3.05) is 0 Å². The maximum Gasteiger partial charge on any atom is 0.0831 e. The van der Waals surface area contributed by atoms with Crippen LogP contribution >= 0.6 is 0 Å². The summed E-state index contributed by atoms with van der Waals surface area (Å²) in [7, 11) is -2.71. The minimum Gasteiger partial charge on any atom is -0.0656 e. The van der Waals surface area contributed by atoms with E-state index in [1.54, 1.807) is 10.4 Å². The zero-order chi connectivity index (χ0) is 16.5. The summed E-state index contributed by atoms with van der Waals surface area (Å²) in [6.45, 7) is 17.0. The molecule has 2 aromatic rings. The van der Waals surface area contributed by atoms with Crippen molar-refractivity contribution in [3.8, 4) is 11.1 Å². The van der Waals surface area contributed by atoms with Gasteiger partial charge in [0.05, 0.1) is 16.1 Å². The van der Waals surface area contributed by atoms with Crippen molar-refractivity contribution >= 4 is 26.5 Å². The first-order valence-electron chi connectivity index (χ1n) is 8.34. The fraction of sp³-hybridized carbons (Fsp3) is 0.400. The Labute approximate surface area is 138 Å². The van der Waals surface area contributed by atoms with Crippen molar-refractivity contribution in [1.29, 1.82) is 0 Å². The molecule has 22 heavy (non-hydrogen) atoms. The highest BCUT2D eigenvalue weighted by molar-refractivity contribution is 6.91. The topological polar surface area (TPSA) is 0 Å². The molecule has 0 saturated heterocycles. The number of benzene rings is 2. The second-order valence-electron chi connectivity index (χ2n) is 8.25. The van der Waals surface area contributed by atoms with E-state index < -0.39 is 16.1 Å². The van der Waals surface area contributed by atoms with Crippen LogP contribution < -0.4 is 10.4 Å². The average Bonchev–Trinajstić information content (AvgIpc) is 2.46. The van der Waals surface area contributed by atoms with Gasteiger partial charge in [0.1, 0.15) is 0 Å². The number of rotatable bonds is 4. The van der Waals surface area contributed by atoms with Crippen LogP contribution in [0.3, 0.4) is 0 Å². The van der Waals surface area contributed by atoms with E-state index in [2.05, 4.69) is 95.1 Å². The molecule has 118 valence electrons. The summed E-state index contributed by atoms with van der Waals surface area (Å²) >= 11 is 0. The Morgan fingerprint density at radius 2 is 1.41 bits per heavy atom. The normalized spacial score (nSPS) is 12.7. The van der Waals surface area contributed by atoms with Gasteiger partial charge in [0.15, 0.2) is 0 Å². The highest BCUT2D eigenvalue weighted by Gasteiger charge is 2.28. The van der Waals surface area contributed by atoms with Crippen LogP contribution in [0, 0.1) is 0 Å². The van der Waals surface area contributed by atoms with Crippen LogP contribution in [0.25, 0.3) is 11.1 Å². The first kappa shape index (κ1) is 17.2. The van der Waals surface area contributed by atoms with Crippen molar-refractivity contribution in [2.45, 2.75) is 52.1 Å². The molecule has 0 heterocycles. The average molecular weight is 327 g/mol. The molecule has 0 fully saturated rings. The third-order valence-electron chi connectivity index (χ3n) is 5.10. The number of hydrogen-bond acceptors (Lipinski definition) is 0. The van der Waals surface area contributed by atoms with Gasteiger partial charge in [0, 0.05) is 0 Å². The lowest BCUT2D eigenvalue weighted by molar-refractivity contribution is 1.02. The first-order valence-corrected chi connectivity index (χ1v) is 14.9. The summed E-state index contributed by atoms with van der Waals surface area (Å²) in [5, 5.41) is 3.14. The van der Waals surface area contributed by atoms with Crippen LogP contribution in [0.5, 0.6) is 0 Å².